The van der Waals surface area contributed by atoms with E-state index in [0.29, 0.717) is 22.8 Å². The standard InChI is InChI=1S/C19H15ClF2N2O3S/c1-11-8-13(27-24-11)10-28-17-5-3-2-4-14(17)18(25)23-12-6-7-16(15(20)9-12)26-19(21)22/h2-9,19H,10H2,1H3,(H,23,25). The van der Waals surface area contributed by atoms with Crippen LogP contribution in [-0.2, 0) is 5.75 Å². The van der Waals surface area contributed by atoms with Crippen molar-refractivity contribution in [2.45, 2.75) is 24.2 Å². The van der Waals surface area contributed by atoms with E-state index in [4.69, 9.17) is 16.1 Å². The van der Waals surface area contributed by atoms with E-state index in [1.165, 1.54) is 30.0 Å². The SMILES string of the molecule is Cc1cc(CSc2ccccc2C(=O)Nc2ccc(OC(F)F)c(Cl)c2)on1. The third-order valence-corrected chi connectivity index (χ3v) is 4.98. The van der Waals surface area contributed by atoms with Crippen LogP contribution in [0.25, 0.3) is 0 Å². The zero-order chi connectivity index (χ0) is 20.1. The van der Waals surface area contributed by atoms with Gasteiger partial charge in [-0.1, -0.05) is 28.9 Å². The van der Waals surface area contributed by atoms with Gasteiger partial charge in [-0.3, -0.25) is 4.79 Å². The smallest absolute Gasteiger partial charge is 0.387 e. The molecule has 1 N–H and O–H groups in total. The summed E-state index contributed by atoms with van der Waals surface area (Å²) in [6.45, 7) is -1.14. The van der Waals surface area contributed by atoms with Crippen LogP contribution >= 0.6 is 23.4 Å². The van der Waals surface area contributed by atoms with Crippen LogP contribution in [0.2, 0.25) is 5.02 Å². The van der Waals surface area contributed by atoms with Crippen molar-refractivity contribution in [2.75, 3.05) is 5.32 Å². The van der Waals surface area contributed by atoms with Gasteiger partial charge in [-0.15, -0.1) is 11.8 Å². The van der Waals surface area contributed by atoms with Gasteiger partial charge in [0.1, 0.15) is 11.5 Å². The highest BCUT2D eigenvalue weighted by Gasteiger charge is 2.14. The summed E-state index contributed by atoms with van der Waals surface area (Å²) >= 11 is 7.36. The first-order chi connectivity index (χ1) is 13.4. The van der Waals surface area contributed by atoms with Gasteiger partial charge in [0.25, 0.3) is 5.91 Å². The fraction of sp³-hybridized carbons (Fsp3) is 0.158. The highest BCUT2D eigenvalue weighted by molar-refractivity contribution is 7.98. The molecule has 28 heavy (non-hydrogen) atoms. The number of amides is 1. The van der Waals surface area contributed by atoms with E-state index in [2.05, 4.69) is 15.2 Å². The lowest BCUT2D eigenvalue weighted by atomic mass is 10.2. The molecule has 1 aromatic heterocycles. The number of nitrogens with zero attached hydrogens (tertiary/aromatic N) is 1. The number of nitrogens with one attached hydrogen (secondary N) is 1. The summed E-state index contributed by atoms with van der Waals surface area (Å²) in [5, 5.41) is 6.52. The molecule has 146 valence electrons. The second kappa shape index (κ2) is 9.07. The molecule has 9 heteroatoms. The molecule has 3 rings (SSSR count). The van der Waals surface area contributed by atoms with Gasteiger partial charge in [0.15, 0.2) is 0 Å². The zero-order valence-corrected chi connectivity index (χ0v) is 16.2. The molecule has 2 aromatic carbocycles. The van der Waals surface area contributed by atoms with Crippen molar-refractivity contribution >= 4 is 35.0 Å². The Morgan fingerprint density at radius 3 is 2.75 bits per heavy atom. The van der Waals surface area contributed by atoms with Crippen molar-refractivity contribution in [2.24, 2.45) is 0 Å². The maximum Gasteiger partial charge on any atom is 0.387 e. The molecule has 1 amide bonds. The highest BCUT2D eigenvalue weighted by atomic mass is 35.5. The molecular formula is C19H15ClF2N2O3S. The Labute approximate surface area is 169 Å². The summed E-state index contributed by atoms with van der Waals surface area (Å²) in [4.78, 5) is 13.4. The van der Waals surface area contributed by atoms with Crippen LogP contribution in [0.5, 0.6) is 5.75 Å². The van der Waals surface area contributed by atoms with Gasteiger partial charge in [0.05, 0.1) is 22.0 Å². The fourth-order valence-electron chi connectivity index (χ4n) is 2.38. The number of benzene rings is 2. The van der Waals surface area contributed by atoms with Gasteiger partial charge in [0.2, 0.25) is 0 Å². The maximum absolute atomic E-state index is 12.7. The number of aromatic nitrogens is 1. The minimum atomic E-state index is -2.98. The molecule has 0 fully saturated rings. The second-order valence-corrected chi connectivity index (χ2v) is 7.12. The van der Waals surface area contributed by atoms with Crippen LogP contribution in [0.15, 0.2) is 57.9 Å². The Balaban J connectivity index is 1.71. The van der Waals surface area contributed by atoms with Crippen LogP contribution in [0, 0.1) is 6.92 Å². The Morgan fingerprint density at radius 2 is 2.07 bits per heavy atom. The topological polar surface area (TPSA) is 64.4 Å². The average molecular weight is 425 g/mol. The first kappa shape index (κ1) is 20.2. The monoisotopic (exact) mass is 424 g/mol. The number of alkyl halides is 2. The normalized spacial score (nSPS) is 10.9. The van der Waals surface area contributed by atoms with Gasteiger partial charge in [-0.25, -0.2) is 0 Å². The number of anilines is 1. The lowest BCUT2D eigenvalue weighted by Crippen LogP contribution is -2.13. The molecule has 0 saturated carbocycles. The molecule has 0 aliphatic heterocycles. The van der Waals surface area contributed by atoms with E-state index in [0.717, 1.165) is 10.6 Å². The molecule has 0 spiro atoms. The Morgan fingerprint density at radius 1 is 1.29 bits per heavy atom. The summed E-state index contributed by atoms with van der Waals surface area (Å²) in [6, 6.07) is 13.0. The van der Waals surface area contributed by atoms with Crippen molar-refractivity contribution in [1.29, 1.82) is 0 Å². The molecule has 1 heterocycles. The lowest BCUT2D eigenvalue weighted by Gasteiger charge is -2.11. The minimum Gasteiger partial charge on any atom is -0.433 e. The number of carbonyl (C=O) groups is 1. The van der Waals surface area contributed by atoms with E-state index >= 15 is 0 Å². The van der Waals surface area contributed by atoms with Gasteiger partial charge in [-0.05, 0) is 37.3 Å². The van der Waals surface area contributed by atoms with Gasteiger partial charge < -0.3 is 14.6 Å². The second-order valence-electron chi connectivity index (χ2n) is 5.70. The quantitative estimate of drug-likeness (QED) is 0.487. The van der Waals surface area contributed by atoms with Crippen LogP contribution in [0.4, 0.5) is 14.5 Å². The Bertz CT molecular complexity index is 981. The van der Waals surface area contributed by atoms with Crippen LogP contribution in [0.3, 0.4) is 0 Å². The molecule has 0 atom stereocenters. The third-order valence-electron chi connectivity index (χ3n) is 3.58. The first-order valence-corrected chi connectivity index (χ1v) is 9.48. The maximum atomic E-state index is 12.7. The molecule has 5 nitrogen and oxygen atoms in total. The summed E-state index contributed by atoms with van der Waals surface area (Å²) in [6.07, 6.45) is 0. The fourth-order valence-corrected chi connectivity index (χ4v) is 3.53. The van der Waals surface area contributed by atoms with Gasteiger partial charge >= 0.3 is 6.61 Å². The van der Waals surface area contributed by atoms with Crippen LogP contribution < -0.4 is 10.1 Å². The zero-order valence-electron chi connectivity index (χ0n) is 14.6. The van der Waals surface area contributed by atoms with Crippen molar-refractivity contribution < 1.29 is 22.8 Å². The number of rotatable bonds is 7. The van der Waals surface area contributed by atoms with Crippen molar-refractivity contribution in [3.8, 4) is 5.75 Å². The van der Waals surface area contributed by atoms with E-state index in [1.54, 1.807) is 12.1 Å². The number of aryl methyl sites for hydroxylation is 1. The van der Waals surface area contributed by atoms with E-state index < -0.39 is 6.61 Å². The Kier molecular flexibility index (Phi) is 6.53. The molecule has 0 aliphatic carbocycles. The summed E-state index contributed by atoms with van der Waals surface area (Å²) in [7, 11) is 0. The number of thioether (sulfide) groups is 1. The summed E-state index contributed by atoms with van der Waals surface area (Å²) in [5.74, 6) is 0.721. The highest BCUT2D eigenvalue weighted by Crippen LogP contribution is 2.30. The Hall–Kier alpha value is -2.58. The molecule has 0 saturated heterocycles. The van der Waals surface area contributed by atoms with E-state index in [1.807, 2.05) is 25.1 Å². The first-order valence-electron chi connectivity index (χ1n) is 8.12. The molecule has 0 bridgehead atoms. The number of hydrogen-bond acceptors (Lipinski definition) is 5. The molecular weight excluding hydrogens is 410 g/mol. The van der Waals surface area contributed by atoms with Crippen molar-refractivity contribution in [3.05, 3.63) is 70.6 Å². The van der Waals surface area contributed by atoms with Crippen LogP contribution in [-0.4, -0.2) is 17.7 Å². The van der Waals surface area contributed by atoms with Gasteiger partial charge in [0, 0.05) is 16.6 Å². The van der Waals surface area contributed by atoms with E-state index in [9.17, 15) is 13.6 Å². The van der Waals surface area contributed by atoms with Crippen molar-refractivity contribution in [1.82, 2.24) is 5.16 Å². The van der Waals surface area contributed by atoms with Crippen molar-refractivity contribution in [3.63, 3.8) is 0 Å². The lowest BCUT2D eigenvalue weighted by molar-refractivity contribution is -0.0497. The third kappa shape index (κ3) is 5.24. The van der Waals surface area contributed by atoms with Gasteiger partial charge in [-0.2, -0.15) is 8.78 Å². The number of halogens is 3. The largest absolute Gasteiger partial charge is 0.433 e. The number of ether oxygens (including phenoxy) is 1. The predicted molar refractivity (Wildman–Crippen MR) is 103 cm³/mol. The number of carbonyl (C=O) groups excluding carboxylic acids is 1. The predicted octanol–water partition coefficient (Wildman–Crippen LogP) is 5.78. The van der Waals surface area contributed by atoms with Crippen LogP contribution in [0.1, 0.15) is 21.8 Å². The number of hydrogen-bond donors (Lipinski definition) is 1. The molecule has 3 aromatic rings. The minimum absolute atomic E-state index is 0.0264. The molecule has 0 unspecified atom stereocenters. The average Bonchev–Trinajstić information content (AvgIpc) is 3.07. The molecule has 0 aliphatic rings. The van der Waals surface area contributed by atoms with E-state index in [-0.39, 0.29) is 16.7 Å². The summed E-state index contributed by atoms with van der Waals surface area (Å²) < 4.78 is 34.1. The summed E-state index contributed by atoms with van der Waals surface area (Å²) in [5.41, 5.74) is 1.62. The molecule has 0 radical (unpaired) electrons.